The van der Waals surface area contributed by atoms with E-state index in [1.54, 1.807) is 30.3 Å². The number of ether oxygens (including phenoxy) is 2. The van der Waals surface area contributed by atoms with Crippen molar-refractivity contribution in [3.05, 3.63) is 53.6 Å². The van der Waals surface area contributed by atoms with Crippen molar-refractivity contribution in [2.75, 3.05) is 19.5 Å². The second-order valence-electron chi connectivity index (χ2n) is 6.23. The molecule has 3 N–H and O–H groups in total. The van der Waals surface area contributed by atoms with Crippen LogP contribution >= 0.6 is 0 Å². The van der Waals surface area contributed by atoms with Crippen LogP contribution < -0.4 is 25.4 Å². The standard InChI is InChI=1S/C20H25N3O4/c1-13(2)22-20(25)23-16-7-5-14(6-8-16)12-21-19(24)15-9-17(26-3)11-18(10-15)27-4/h5-11,13H,12H2,1-4H3,(H,21,24)(H2,22,23,25). The molecule has 0 saturated carbocycles. The van der Waals surface area contributed by atoms with Crippen LogP contribution in [0.15, 0.2) is 42.5 Å². The number of carbonyl (C=O) groups excluding carboxylic acids is 2. The smallest absolute Gasteiger partial charge is 0.319 e. The molecule has 2 aromatic carbocycles. The van der Waals surface area contributed by atoms with Crippen LogP contribution in [0, 0.1) is 0 Å². The number of nitrogens with one attached hydrogen (secondary N) is 3. The van der Waals surface area contributed by atoms with Crippen molar-refractivity contribution in [3.63, 3.8) is 0 Å². The molecule has 0 aliphatic carbocycles. The molecule has 0 aliphatic heterocycles. The summed E-state index contributed by atoms with van der Waals surface area (Å²) in [4.78, 5) is 24.1. The lowest BCUT2D eigenvalue weighted by atomic mass is 10.1. The van der Waals surface area contributed by atoms with Crippen molar-refractivity contribution < 1.29 is 19.1 Å². The first-order valence-corrected chi connectivity index (χ1v) is 8.59. The van der Waals surface area contributed by atoms with Crippen molar-refractivity contribution in [1.29, 1.82) is 0 Å². The molecular weight excluding hydrogens is 346 g/mol. The van der Waals surface area contributed by atoms with E-state index in [9.17, 15) is 9.59 Å². The monoisotopic (exact) mass is 371 g/mol. The highest BCUT2D eigenvalue weighted by atomic mass is 16.5. The number of rotatable bonds is 7. The zero-order valence-corrected chi connectivity index (χ0v) is 16.0. The van der Waals surface area contributed by atoms with Gasteiger partial charge in [0.2, 0.25) is 0 Å². The average molecular weight is 371 g/mol. The molecule has 0 atom stereocenters. The first kappa shape index (κ1) is 20.1. The zero-order chi connectivity index (χ0) is 19.8. The predicted octanol–water partition coefficient (Wildman–Crippen LogP) is 3.16. The zero-order valence-electron chi connectivity index (χ0n) is 16.0. The molecule has 144 valence electrons. The Bertz CT molecular complexity index is 766. The van der Waals surface area contributed by atoms with E-state index < -0.39 is 0 Å². The van der Waals surface area contributed by atoms with Crippen LogP contribution in [-0.4, -0.2) is 32.2 Å². The van der Waals surface area contributed by atoms with E-state index in [2.05, 4.69) is 16.0 Å². The van der Waals surface area contributed by atoms with Gasteiger partial charge in [-0.15, -0.1) is 0 Å². The Morgan fingerprint density at radius 1 is 0.963 bits per heavy atom. The van der Waals surface area contributed by atoms with E-state index in [0.29, 0.717) is 29.3 Å². The van der Waals surface area contributed by atoms with Gasteiger partial charge in [0.1, 0.15) is 11.5 Å². The van der Waals surface area contributed by atoms with Crippen molar-refractivity contribution >= 4 is 17.6 Å². The van der Waals surface area contributed by atoms with Gasteiger partial charge in [0.05, 0.1) is 14.2 Å². The predicted molar refractivity (Wildman–Crippen MR) is 104 cm³/mol. The van der Waals surface area contributed by atoms with Crippen molar-refractivity contribution in [1.82, 2.24) is 10.6 Å². The second-order valence-corrected chi connectivity index (χ2v) is 6.23. The van der Waals surface area contributed by atoms with Gasteiger partial charge in [-0.25, -0.2) is 4.79 Å². The second kappa shape index (κ2) is 9.47. The van der Waals surface area contributed by atoms with E-state index in [-0.39, 0.29) is 18.0 Å². The minimum Gasteiger partial charge on any atom is -0.497 e. The van der Waals surface area contributed by atoms with Gasteiger partial charge in [0.25, 0.3) is 5.91 Å². The molecule has 3 amide bonds. The fraction of sp³-hybridized carbons (Fsp3) is 0.300. The summed E-state index contributed by atoms with van der Waals surface area (Å²) in [6, 6.07) is 12.1. The highest BCUT2D eigenvalue weighted by Gasteiger charge is 2.10. The first-order chi connectivity index (χ1) is 12.9. The number of methoxy groups -OCH3 is 2. The third-order valence-corrected chi connectivity index (χ3v) is 3.70. The lowest BCUT2D eigenvalue weighted by Gasteiger charge is -2.11. The largest absolute Gasteiger partial charge is 0.497 e. The Kier molecular flexibility index (Phi) is 7.05. The Labute approximate surface area is 159 Å². The van der Waals surface area contributed by atoms with Gasteiger partial charge < -0.3 is 25.4 Å². The van der Waals surface area contributed by atoms with E-state index in [1.807, 2.05) is 26.0 Å². The third-order valence-electron chi connectivity index (χ3n) is 3.70. The van der Waals surface area contributed by atoms with Crippen LogP contribution in [-0.2, 0) is 6.54 Å². The van der Waals surface area contributed by atoms with Crippen LogP contribution in [0.25, 0.3) is 0 Å². The molecule has 7 nitrogen and oxygen atoms in total. The van der Waals surface area contributed by atoms with Crippen molar-refractivity contribution in [3.8, 4) is 11.5 Å². The van der Waals surface area contributed by atoms with Gasteiger partial charge in [0.15, 0.2) is 0 Å². The van der Waals surface area contributed by atoms with E-state index >= 15 is 0 Å². The third kappa shape index (κ3) is 6.22. The molecular formula is C20H25N3O4. The molecule has 0 radical (unpaired) electrons. The fourth-order valence-corrected chi connectivity index (χ4v) is 2.36. The molecule has 2 rings (SSSR count). The van der Waals surface area contributed by atoms with Crippen LogP contribution in [0.4, 0.5) is 10.5 Å². The summed E-state index contributed by atoms with van der Waals surface area (Å²) in [6.45, 7) is 4.14. The summed E-state index contributed by atoms with van der Waals surface area (Å²) in [5.74, 6) is 0.870. The minimum atomic E-state index is -0.252. The molecule has 0 bridgehead atoms. The average Bonchev–Trinajstić information content (AvgIpc) is 2.66. The Hall–Kier alpha value is -3.22. The lowest BCUT2D eigenvalue weighted by Crippen LogP contribution is -2.34. The van der Waals surface area contributed by atoms with Gasteiger partial charge in [-0.1, -0.05) is 12.1 Å². The quantitative estimate of drug-likeness (QED) is 0.697. The minimum absolute atomic E-state index is 0.0646. The maximum Gasteiger partial charge on any atom is 0.319 e. The maximum atomic E-state index is 12.4. The molecule has 7 heteroatoms. The van der Waals surface area contributed by atoms with E-state index in [4.69, 9.17) is 9.47 Å². The number of hydrogen-bond donors (Lipinski definition) is 3. The number of anilines is 1. The number of amides is 3. The molecule has 0 aliphatic rings. The summed E-state index contributed by atoms with van der Waals surface area (Å²) < 4.78 is 10.4. The van der Waals surface area contributed by atoms with Crippen molar-refractivity contribution in [2.24, 2.45) is 0 Å². The van der Waals surface area contributed by atoms with E-state index in [0.717, 1.165) is 5.56 Å². The SMILES string of the molecule is COc1cc(OC)cc(C(=O)NCc2ccc(NC(=O)NC(C)C)cc2)c1. The molecule has 0 unspecified atom stereocenters. The molecule has 0 fully saturated rings. The normalized spacial score (nSPS) is 10.3. The Morgan fingerprint density at radius 2 is 1.56 bits per heavy atom. The number of urea groups is 1. The Morgan fingerprint density at radius 3 is 2.07 bits per heavy atom. The van der Waals surface area contributed by atoms with E-state index in [1.165, 1.54) is 14.2 Å². The highest BCUT2D eigenvalue weighted by molar-refractivity contribution is 5.95. The van der Waals surface area contributed by atoms with Gasteiger partial charge in [-0.05, 0) is 43.7 Å². The topological polar surface area (TPSA) is 88.7 Å². The van der Waals surface area contributed by atoms with Gasteiger partial charge in [-0.3, -0.25) is 4.79 Å². The number of carbonyl (C=O) groups is 2. The van der Waals surface area contributed by atoms with Crippen LogP contribution in [0.5, 0.6) is 11.5 Å². The summed E-state index contributed by atoms with van der Waals surface area (Å²) in [7, 11) is 3.07. The molecule has 0 aromatic heterocycles. The van der Waals surface area contributed by atoms with Gasteiger partial charge in [-0.2, -0.15) is 0 Å². The first-order valence-electron chi connectivity index (χ1n) is 8.59. The number of benzene rings is 2. The summed E-state index contributed by atoms with van der Waals surface area (Å²) in [5.41, 5.74) is 2.05. The molecule has 0 spiro atoms. The summed E-state index contributed by atoms with van der Waals surface area (Å²) in [5, 5.41) is 8.36. The molecule has 2 aromatic rings. The number of hydrogen-bond acceptors (Lipinski definition) is 4. The highest BCUT2D eigenvalue weighted by Crippen LogP contribution is 2.22. The molecule has 27 heavy (non-hydrogen) atoms. The fourth-order valence-electron chi connectivity index (χ4n) is 2.36. The Balaban J connectivity index is 1.94. The van der Waals surface area contributed by atoms with Crippen LogP contribution in [0.2, 0.25) is 0 Å². The molecule has 0 heterocycles. The summed E-state index contributed by atoms with van der Waals surface area (Å²) >= 11 is 0. The van der Waals surface area contributed by atoms with Gasteiger partial charge in [0, 0.05) is 29.9 Å². The lowest BCUT2D eigenvalue weighted by molar-refractivity contribution is 0.0950. The summed E-state index contributed by atoms with van der Waals surface area (Å²) in [6.07, 6.45) is 0. The molecule has 0 saturated heterocycles. The van der Waals surface area contributed by atoms with Crippen molar-refractivity contribution in [2.45, 2.75) is 26.4 Å². The van der Waals surface area contributed by atoms with Crippen LogP contribution in [0.3, 0.4) is 0 Å². The van der Waals surface area contributed by atoms with Gasteiger partial charge >= 0.3 is 6.03 Å². The van der Waals surface area contributed by atoms with Crippen LogP contribution in [0.1, 0.15) is 29.8 Å². The maximum absolute atomic E-state index is 12.4.